The number of furan rings is 1. The summed E-state index contributed by atoms with van der Waals surface area (Å²) in [5.74, 6) is 0.0998. The number of fused-ring (bicyclic) bond motifs is 2. The third-order valence-electron chi connectivity index (χ3n) is 6.37. The van der Waals surface area contributed by atoms with Crippen LogP contribution in [0.25, 0.3) is 22.2 Å². The number of nitrogens with zero attached hydrogens (tertiary/aromatic N) is 3. The topological polar surface area (TPSA) is 86.8 Å². The van der Waals surface area contributed by atoms with E-state index < -0.39 is 24.3 Å². The van der Waals surface area contributed by atoms with Crippen LogP contribution in [-0.2, 0) is 11.3 Å². The second kappa shape index (κ2) is 8.99. The van der Waals surface area contributed by atoms with Crippen LogP contribution >= 0.6 is 23.2 Å². The van der Waals surface area contributed by atoms with Crippen molar-refractivity contribution in [2.75, 3.05) is 11.4 Å². The van der Waals surface area contributed by atoms with Crippen molar-refractivity contribution < 1.29 is 27.5 Å². The summed E-state index contributed by atoms with van der Waals surface area (Å²) < 4.78 is 43.0. The van der Waals surface area contributed by atoms with Crippen molar-refractivity contribution in [3.63, 3.8) is 0 Å². The zero-order valence-electron chi connectivity index (χ0n) is 19.8. The summed E-state index contributed by atoms with van der Waals surface area (Å²) in [6, 6.07) is 10.6. The molecule has 0 unspecified atom stereocenters. The smallest absolute Gasteiger partial charge is 0.458 e. The highest BCUT2D eigenvalue weighted by Crippen LogP contribution is 2.44. The van der Waals surface area contributed by atoms with Gasteiger partial charge in [0.1, 0.15) is 18.0 Å². The van der Waals surface area contributed by atoms with E-state index in [4.69, 9.17) is 27.6 Å². The minimum absolute atomic E-state index is 0.137. The molecule has 2 aromatic heterocycles. The third kappa shape index (κ3) is 4.48. The van der Waals surface area contributed by atoms with Crippen molar-refractivity contribution in [2.45, 2.75) is 38.5 Å². The van der Waals surface area contributed by atoms with Gasteiger partial charge in [-0.25, -0.2) is 4.68 Å². The molecule has 1 fully saturated rings. The van der Waals surface area contributed by atoms with Crippen LogP contribution in [-0.4, -0.2) is 28.5 Å². The van der Waals surface area contributed by atoms with Crippen molar-refractivity contribution in [1.29, 1.82) is 0 Å². The Hall–Kier alpha value is -3.63. The van der Waals surface area contributed by atoms with Crippen molar-refractivity contribution in [3.05, 3.63) is 68.6 Å². The Kier molecular flexibility index (Phi) is 5.84. The summed E-state index contributed by atoms with van der Waals surface area (Å²) in [5, 5.41) is 5.50. The van der Waals surface area contributed by atoms with Gasteiger partial charge in [-0.3, -0.25) is 9.59 Å². The normalized spacial score (nSPS) is 15.7. The number of aromatic nitrogens is 2. The number of hydrogen-bond acceptors (Lipinski definition) is 6. The molecule has 4 aromatic rings. The van der Waals surface area contributed by atoms with Crippen molar-refractivity contribution in [3.8, 4) is 22.8 Å². The molecule has 1 aliphatic heterocycles. The lowest BCUT2D eigenvalue weighted by Crippen LogP contribution is -2.37. The second-order valence-electron chi connectivity index (χ2n) is 9.07. The molecular formula is C26H19Cl2F2N3O5. The number of hydrogen-bond donors (Lipinski definition) is 0. The molecule has 0 atom stereocenters. The van der Waals surface area contributed by atoms with Crippen LogP contribution in [0.2, 0.25) is 10.0 Å². The van der Waals surface area contributed by atoms with Crippen LogP contribution in [0.4, 0.5) is 14.5 Å². The molecule has 8 nitrogen and oxygen atoms in total. The van der Waals surface area contributed by atoms with Crippen molar-refractivity contribution >= 4 is 45.8 Å². The van der Waals surface area contributed by atoms with Crippen LogP contribution < -0.4 is 19.9 Å². The number of carbonyl (C=O) groups is 1. The van der Waals surface area contributed by atoms with Gasteiger partial charge in [0, 0.05) is 39.8 Å². The minimum Gasteiger partial charge on any atom is -0.458 e. The molecule has 3 heterocycles. The molecule has 0 bridgehead atoms. The Labute approximate surface area is 224 Å². The maximum Gasteiger partial charge on any atom is 0.586 e. The summed E-state index contributed by atoms with van der Waals surface area (Å²) in [6.07, 6.45) is -1.85. The molecule has 2 aromatic carbocycles. The summed E-state index contributed by atoms with van der Waals surface area (Å²) in [5.41, 5.74) is 0.935. The van der Waals surface area contributed by atoms with E-state index in [1.54, 1.807) is 31.2 Å². The minimum atomic E-state index is -3.78. The first kappa shape index (κ1) is 24.7. The summed E-state index contributed by atoms with van der Waals surface area (Å²) in [7, 11) is 0. The van der Waals surface area contributed by atoms with E-state index in [0.717, 1.165) is 17.5 Å². The quantitative estimate of drug-likeness (QED) is 0.278. The molecule has 0 spiro atoms. The standard InChI is InChI=1S/C26H19Cl2F2N3O5/c1-2-32(17-5-6-19-21(10-17)38-26(29,30)37-19)22(34)12-33-25(35)18-11-20(13-3-4-13)36-24(18)23(31-33)14-7-15(27)9-16(28)8-14/h5-11,13H,2-4,12H2,1H3. The number of benzene rings is 2. The van der Waals surface area contributed by atoms with Crippen LogP contribution in [0.1, 0.15) is 31.4 Å². The van der Waals surface area contributed by atoms with Crippen LogP contribution in [0.5, 0.6) is 11.5 Å². The first-order valence-electron chi connectivity index (χ1n) is 11.8. The fraction of sp³-hybridized carbons (Fsp3) is 0.269. The Balaban J connectivity index is 1.39. The zero-order chi connectivity index (χ0) is 26.8. The molecule has 2 aliphatic rings. The van der Waals surface area contributed by atoms with Gasteiger partial charge in [0.25, 0.3) is 5.56 Å². The van der Waals surface area contributed by atoms with Crippen LogP contribution in [0, 0.1) is 0 Å². The van der Waals surface area contributed by atoms with E-state index in [0.29, 0.717) is 38.3 Å². The Morgan fingerprint density at radius 2 is 1.82 bits per heavy atom. The van der Waals surface area contributed by atoms with Gasteiger partial charge < -0.3 is 18.8 Å². The SMILES string of the molecule is CCN(C(=O)Cn1nc(-c2cc(Cl)cc(Cl)c2)c2oc(C3CC3)cc2c1=O)c1ccc2c(c1)OC(F)(F)O2. The van der Waals surface area contributed by atoms with E-state index in [1.165, 1.54) is 23.1 Å². The van der Waals surface area contributed by atoms with Gasteiger partial charge in [-0.05, 0) is 56.2 Å². The maximum atomic E-state index is 13.5. The summed E-state index contributed by atoms with van der Waals surface area (Å²) in [4.78, 5) is 28.1. The summed E-state index contributed by atoms with van der Waals surface area (Å²) >= 11 is 12.4. The average Bonchev–Trinajstić information content (AvgIpc) is 3.51. The number of carbonyl (C=O) groups excluding carboxylic acids is 1. The van der Waals surface area contributed by atoms with Gasteiger partial charge in [-0.15, -0.1) is 8.78 Å². The number of ether oxygens (including phenoxy) is 2. The van der Waals surface area contributed by atoms with Crippen molar-refractivity contribution in [1.82, 2.24) is 9.78 Å². The zero-order valence-corrected chi connectivity index (χ0v) is 21.4. The van der Waals surface area contributed by atoms with E-state index >= 15 is 0 Å². The first-order valence-corrected chi connectivity index (χ1v) is 12.6. The molecule has 0 N–H and O–H groups in total. The number of likely N-dealkylation sites (N-methyl/N-ethyl adjacent to an activating group) is 1. The van der Waals surface area contributed by atoms with E-state index in [1.807, 2.05) is 0 Å². The lowest BCUT2D eigenvalue weighted by molar-refractivity contribution is -0.286. The average molecular weight is 562 g/mol. The molecule has 6 rings (SSSR count). The lowest BCUT2D eigenvalue weighted by Gasteiger charge is -2.21. The third-order valence-corrected chi connectivity index (χ3v) is 6.80. The first-order chi connectivity index (χ1) is 18.1. The molecule has 38 heavy (non-hydrogen) atoms. The van der Waals surface area contributed by atoms with Gasteiger partial charge in [-0.2, -0.15) is 5.10 Å². The molecule has 0 radical (unpaired) electrons. The van der Waals surface area contributed by atoms with Gasteiger partial charge in [-0.1, -0.05) is 23.2 Å². The second-order valence-corrected chi connectivity index (χ2v) is 9.94. The van der Waals surface area contributed by atoms with E-state index in [9.17, 15) is 18.4 Å². The van der Waals surface area contributed by atoms with Gasteiger partial charge in [0.15, 0.2) is 17.1 Å². The Morgan fingerprint density at radius 1 is 1.11 bits per heavy atom. The lowest BCUT2D eigenvalue weighted by atomic mass is 10.1. The number of amides is 1. The molecule has 1 saturated carbocycles. The van der Waals surface area contributed by atoms with Gasteiger partial charge >= 0.3 is 6.29 Å². The number of anilines is 1. The van der Waals surface area contributed by atoms with E-state index in [-0.39, 0.29) is 29.3 Å². The molecule has 1 amide bonds. The predicted octanol–water partition coefficient (Wildman–Crippen LogP) is 6.22. The number of alkyl halides is 2. The number of halogens is 4. The monoisotopic (exact) mass is 561 g/mol. The highest BCUT2D eigenvalue weighted by Gasteiger charge is 2.43. The number of rotatable bonds is 6. The largest absolute Gasteiger partial charge is 0.586 e. The van der Waals surface area contributed by atoms with Crippen LogP contribution in [0.15, 0.2) is 51.7 Å². The van der Waals surface area contributed by atoms with Crippen LogP contribution in [0.3, 0.4) is 0 Å². The maximum absolute atomic E-state index is 13.5. The highest BCUT2D eigenvalue weighted by atomic mass is 35.5. The van der Waals surface area contributed by atoms with Gasteiger partial charge in [0.05, 0.1) is 5.39 Å². The highest BCUT2D eigenvalue weighted by molar-refractivity contribution is 6.35. The molecule has 0 saturated heterocycles. The molecule has 196 valence electrons. The van der Waals surface area contributed by atoms with Crippen molar-refractivity contribution in [2.24, 2.45) is 0 Å². The fourth-order valence-corrected chi connectivity index (χ4v) is 5.00. The molecule has 12 heteroatoms. The van der Waals surface area contributed by atoms with E-state index in [2.05, 4.69) is 14.6 Å². The predicted molar refractivity (Wildman–Crippen MR) is 136 cm³/mol. The molecular weight excluding hydrogens is 543 g/mol. The summed E-state index contributed by atoms with van der Waals surface area (Å²) in [6.45, 7) is 1.49. The fourth-order valence-electron chi connectivity index (χ4n) is 4.47. The molecule has 1 aliphatic carbocycles. The Bertz CT molecular complexity index is 1640. The Morgan fingerprint density at radius 3 is 2.50 bits per heavy atom. The van der Waals surface area contributed by atoms with Gasteiger partial charge in [0.2, 0.25) is 5.91 Å².